The zero-order valence-corrected chi connectivity index (χ0v) is 21.0. The van der Waals surface area contributed by atoms with Crippen molar-refractivity contribution in [2.45, 2.75) is 32.4 Å². The molecule has 2 N–H and O–H groups in total. The summed E-state index contributed by atoms with van der Waals surface area (Å²) in [5, 5.41) is 4.29. The molecule has 1 aliphatic rings. The van der Waals surface area contributed by atoms with Gasteiger partial charge in [0.1, 0.15) is 21.2 Å². The van der Waals surface area contributed by atoms with Gasteiger partial charge in [0.2, 0.25) is 5.88 Å². The van der Waals surface area contributed by atoms with Crippen molar-refractivity contribution >= 4 is 27.5 Å². The Bertz CT molecular complexity index is 1420. The number of carbonyl (C=O) groups excluding carboxylic acids is 2. The van der Waals surface area contributed by atoms with Gasteiger partial charge in [-0.15, -0.1) is 0 Å². The lowest BCUT2D eigenvalue weighted by atomic mass is 9.92. The van der Waals surface area contributed by atoms with Gasteiger partial charge < -0.3 is 15.2 Å². The smallest absolute Gasteiger partial charge is 0.414 e. The second kappa shape index (κ2) is 9.97. The standard InChI is InChI=1S/C24H27N5O6S/c1-15-6-7-18-20(29(15)24(31)34-2)9-8-17(16-13-27-28(14-16)11-12-36(3,32)33)21(18)35-23-19(22(25)30)5-4-10-26-23/h4-5,8-10,13-15H,6-7,11-12H2,1-3H3,(H2,25,30). The van der Waals surface area contributed by atoms with Gasteiger partial charge in [-0.2, -0.15) is 5.10 Å². The SMILES string of the molecule is COC(=O)N1c2ccc(-c3cnn(CCS(C)(=O)=O)c3)c(Oc3ncccc3C(N)=O)c2CCC1C. The fourth-order valence-corrected chi connectivity index (χ4v) is 4.68. The summed E-state index contributed by atoms with van der Waals surface area (Å²) in [6, 6.07) is 6.60. The van der Waals surface area contributed by atoms with Crippen molar-refractivity contribution in [1.29, 1.82) is 0 Å². The molecule has 2 amide bonds. The molecule has 190 valence electrons. The van der Waals surface area contributed by atoms with E-state index in [4.69, 9.17) is 15.2 Å². The number of pyridine rings is 1. The molecule has 1 unspecified atom stereocenters. The van der Waals surface area contributed by atoms with Crippen LogP contribution in [-0.4, -0.2) is 60.3 Å². The number of sulfone groups is 1. The molecule has 0 bridgehead atoms. The number of fused-ring (bicyclic) bond motifs is 1. The Balaban J connectivity index is 1.85. The lowest BCUT2D eigenvalue weighted by molar-refractivity contribution is 0.0997. The molecular formula is C24H27N5O6S. The number of anilines is 1. The minimum absolute atomic E-state index is 0.0346. The van der Waals surface area contributed by atoms with E-state index in [0.717, 1.165) is 5.56 Å². The largest absolute Gasteiger partial charge is 0.452 e. The van der Waals surface area contributed by atoms with Gasteiger partial charge in [0.25, 0.3) is 5.91 Å². The lowest BCUT2D eigenvalue weighted by Crippen LogP contribution is -2.42. The third-order valence-electron chi connectivity index (χ3n) is 5.99. The zero-order chi connectivity index (χ0) is 26.0. The Hall–Kier alpha value is -3.93. The van der Waals surface area contributed by atoms with E-state index >= 15 is 0 Å². The van der Waals surface area contributed by atoms with E-state index in [1.807, 2.05) is 13.0 Å². The molecule has 0 radical (unpaired) electrons. The van der Waals surface area contributed by atoms with E-state index in [0.29, 0.717) is 35.4 Å². The molecule has 36 heavy (non-hydrogen) atoms. The number of amides is 2. The molecule has 4 rings (SSSR count). The fourth-order valence-electron chi connectivity index (χ4n) is 4.17. The Morgan fingerprint density at radius 3 is 2.72 bits per heavy atom. The molecule has 1 aliphatic heterocycles. The number of benzene rings is 1. The molecule has 3 aromatic rings. The highest BCUT2D eigenvalue weighted by Crippen LogP contribution is 2.45. The summed E-state index contributed by atoms with van der Waals surface area (Å²) in [4.78, 5) is 30.4. The van der Waals surface area contributed by atoms with Crippen LogP contribution in [-0.2, 0) is 27.5 Å². The summed E-state index contributed by atoms with van der Waals surface area (Å²) < 4.78 is 35.9. The number of carbonyl (C=O) groups is 2. The molecule has 0 fully saturated rings. The van der Waals surface area contributed by atoms with Crippen molar-refractivity contribution in [3.05, 3.63) is 54.0 Å². The molecule has 1 aromatic carbocycles. The number of aryl methyl sites for hydroxylation is 1. The summed E-state index contributed by atoms with van der Waals surface area (Å²) in [5.41, 5.74) is 8.31. The summed E-state index contributed by atoms with van der Waals surface area (Å²) in [6.07, 6.45) is 6.73. The minimum atomic E-state index is -3.16. The van der Waals surface area contributed by atoms with Crippen LogP contribution >= 0.6 is 0 Å². The van der Waals surface area contributed by atoms with Crippen LogP contribution in [0.3, 0.4) is 0 Å². The molecular weight excluding hydrogens is 486 g/mol. The van der Waals surface area contributed by atoms with Crippen molar-refractivity contribution in [1.82, 2.24) is 14.8 Å². The van der Waals surface area contributed by atoms with E-state index in [-0.39, 0.29) is 29.8 Å². The van der Waals surface area contributed by atoms with Gasteiger partial charge in [0.05, 0.1) is 31.3 Å². The molecule has 0 aliphatic carbocycles. The lowest BCUT2D eigenvalue weighted by Gasteiger charge is -2.35. The molecule has 0 spiro atoms. The maximum absolute atomic E-state index is 12.6. The maximum Gasteiger partial charge on any atom is 0.414 e. The van der Waals surface area contributed by atoms with Crippen LogP contribution in [0.15, 0.2) is 42.9 Å². The number of hydrogen-bond donors (Lipinski definition) is 1. The highest BCUT2D eigenvalue weighted by Gasteiger charge is 2.33. The number of primary amides is 1. The number of hydrogen-bond acceptors (Lipinski definition) is 8. The number of aromatic nitrogens is 3. The van der Waals surface area contributed by atoms with E-state index in [2.05, 4.69) is 10.1 Å². The summed E-state index contributed by atoms with van der Waals surface area (Å²) >= 11 is 0. The zero-order valence-electron chi connectivity index (χ0n) is 20.2. The van der Waals surface area contributed by atoms with Gasteiger partial charge in [0.15, 0.2) is 0 Å². The van der Waals surface area contributed by atoms with Crippen LogP contribution < -0.4 is 15.4 Å². The highest BCUT2D eigenvalue weighted by atomic mass is 32.2. The van der Waals surface area contributed by atoms with Crippen LogP contribution in [0.4, 0.5) is 10.5 Å². The van der Waals surface area contributed by atoms with Gasteiger partial charge in [0, 0.05) is 41.4 Å². The third-order valence-corrected chi connectivity index (χ3v) is 6.91. The number of ether oxygens (including phenoxy) is 2. The second-order valence-corrected chi connectivity index (χ2v) is 10.9. The van der Waals surface area contributed by atoms with Gasteiger partial charge in [-0.05, 0) is 44.0 Å². The first-order valence-electron chi connectivity index (χ1n) is 11.3. The van der Waals surface area contributed by atoms with Gasteiger partial charge in [-0.1, -0.05) is 0 Å². The van der Waals surface area contributed by atoms with Crippen LogP contribution in [0.5, 0.6) is 11.6 Å². The van der Waals surface area contributed by atoms with E-state index in [9.17, 15) is 18.0 Å². The van der Waals surface area contributed by atoms with Crippen molar-refractivity contribution in [3.63, 3.8) is 0 Å². The first-order valence-corrected chi connectivity index (χ1v) is 13.3. The average Bonchev–Trinajstić information content (AvgIpc) is 3.31. The minimum Gasteiger partial charge on any atom is -0.452 e. The maximum atomic E-state index is 12.6. The second-order valence-electron chi connectivity index (χ2n) is 8.61. The van der Waals surface area contributed by atoms with E-state index in [1.165, 1.54) is 30.3 Å². The predicted molar refractivity (Wildman–Crippen MR) is 133 cm³/mol. The number of rotatable bonds is 7. The quantitative estimate of drug-likeness (QED) is 0.507. The van der Waals surface area contributed by atoms with Crippen molar-refractivity contribution in [2.24, 2.45) is 5.73 Å². The molecule has 0 saturated carbocycles. The first-order chi connectivity index (χ1) is 17.1. The topological polar surface area (TPSA) is 147 Å². The fraction of sp³-hybridized carbons (Fsp3) is 0.333. The predicted octanol–water partition coefficient (Wildman–Crippen LogP) is 2.79. The Kier molecular flexibility index (Phi) is 6.97. The van der Waals surface area contributed by atoms with E-state index in [1.54, 1.807) is 29.4 Å². The van der Waals surface area contributed by atoms with Crippen LogP contribution in [0, 0.1) is 0 Å². The van der Waals surface area contributed by atoms with Crippen LogP contribution in [0.2, 0.25) is 0 Å². The normalized spacial score (nSPS) is 15.3. The van der Waals surface area contributed by atoms with Crippen molar-refractivity contribution < 1.29 is 27.5 Å². The third kappa shape index (κ3) is 5.18. The Labute approximate surface area is 208 Å². The summed E-state index contributed by atoms with van der Waals surface area (Å²) in [7, 11) is -1.83. The monoisotopic (exact) mass is 513 g/mol. The van der Waals surface area contributed by atoms with Crippen molar-refractivity contribution in [2.75, 3.05) is 24.0 Å². The number of nitrogens with two attached hydrogens (primary N) is 1. The van der Waals surface area contributed by atoms with Crippen LogP contribution in [0.1, 0.15) is 29.3 Å². The molecule has 1 atom stereocenters. The molecule has 2 aromatic heterocycles. The Morgan fingerprint density at radius 1 is 1.25 bits per heavy atom. The molecule has 0 saturated heterocycles. The average molecular weight is 514 g/mol. The molecule has 11 nitrogen and oxygen atoms in total. The Morgan fingerprint density at radius 2 is 2.03 bits per heavy atom. The first kappa shape index (κ1) is 25.2. The van der Waals surface area contributed by atoms with Crippen LogP contribution in [0.25, 0.3) is 11.1 Å². The van der Waals surface area contributed by atoms with Gasteiger partial charge >= 0.3 is 6.09 Å². The molecule has 3 heterocycles. The summed E-state index contributed by atoms with van der Waals surface area (Å²) in [5.74, 6) is -0.309. The van der Waals surface area contributed by atoms with Gasteiger partial charge in [-0.25, -0.2) is 18.2 Å². The van der Waals surface area contributed by atoms with Crippen molar-refractivity contribution in [3.8, 4) is 22.8 Å². The highest BCUT2D eigenvalue weighted by molar-refractivity contribution is 7.90. The number of methoxy groups -OCH3 is 1. The molecule has 12 heteroatoms. The van der Waals surface area contributed by atoms with E-state index < -0.39 is 21.8 Å². The number of nitrogens with zero attached hydrogens (tertiary/aromatic N) is 4. The van der Waals surface area contributed by atoms with Gasteiger partial charge in [-0.3, -0.25) is 14.4 Å². The summed E-state index contributed by atoms with van der Waals surface area (Å²) in [6.45, 7) is 2.13.